The molecule has 2 aromatic rings. The van der Waals surface area contributed by atoms with Crippen molar-refractivity contribution in [1.82, 2.24) is 9.97 Å². The third-order valence-electron chi connectivity index (χ3n) is 2.12. The lowest BCUT2D eigenvalue weighted by Gasteiger charge is -2.00. The first-order valence-electron chi connectivity index (χ1n) is 4.65. The molecule has 2 heterocycles. The Kier molecular flexibility index (Phi) is 2.54. The molecule has 0 aliphatic rings. The first-order chi connectivity index (χ1) is 7.27. The van der Waals surface area contributed by atoms with Crippen molar-refractivity contribution in [3.63, 3.8) is 0 Å². The van der Waals surface area contributed by atoms with Crippen LogP contribution in [0.3, 0.4) is 0 Å². The van der Waals surface area contributed by atoms with E-state index in [0.717, 1.165) is 11.1 Å². The highest BCUT2D eigenvalue weighted by molar-refractivity contribution is 5.92. The number of carbonyl (C=O) groups is 1. The molecule has 0 spiro atoms. The van der Waals surface area contributed by atoms with Crippen LogP contribution in [0.15, 0.2) is 42.9 Å². The van der Waals surface area contributed by atoms with E-state index in [4.69, 9.17) is 0 Å². The SMILES string of the molecule is CC(=O)c1ccc(-c2cccnc2)cn1. The number of pyridine rings is 2. The van der Waals surface area contributed by atoms with Crippen molar-refractivity contribution in [1.29, 1.82) is 0 Å². The normalized spacial score (nSPS) is 9.93. The summed E-state index contributed by atoms with van der Waals surface area (Å²) in [5, 5.41) is 0. The Balaban J connectivity index is 2.36. The molecule has 15 heavy (non-hydrogen) atoms. The van der Waals surface area contributed by atoms with Crippen LogP contribution in [0.4, 0.5) is 0 Å². The van der Waals surface area contributed by atoms with Crippen LogP contribution in [-0.2, 0) is 0 Å². The zero-order chi connectivity index (χ0) is 10.7. The molecule has 0 aliphatic heterocycles. The molecule has 0 saturated heterocycles. The van der Waals surface area contributed by atoms with E-state index in [2.05, 4.69) is 9.97 Å². The maximum Gasteiger partial charge on any atom is 0.178 e. The van der Waals surface area contributed by atoms with E-state index in [1.807, 2.05) is 18.2 Å². The van der Waals surface area contributed by atoms with Gasteiger partial charge in [0, 0.05) is 36.6 Å². The third kappa shape index (κ3) is 2.07. The number of rotatable bonds is 2. The number of hydrogen-bond acceptors (Lipinski definition) is 3. The zero-order valence-corrected chi connectivity index (χ0v) is 8.34. The second-order valence-electron chi connectivity index (χ2n) is 3.23. The molecular formula is C12H10N2O. The van der Waals surface area contributed by atoms with Crippen molar-refractivity contribution >= 4 is 5.78 Å². The van der Waals surface area contributed by atoms with Crippen molar-refractivity contribution in [3.8, 4) is 11.1 Å². The molecule has 0 N–H and O–H groups in total. The lowest BCUT2D eigenvalue weighted by molar-refractivity contribution is 0.101. The highest BCUT2D eigenvalue weighted by atomic mass is 16.1. The number of hydrogen-bond donors (Lipinski definition) is 0. The average molecular weight is 198 g/mol. The van der Waals surface area contributed by atoms with Crippen molar-refractivity contribution < 1.29 is 4.79 Å². The van der Waals surface area contributed by atoms with Crippen molar-refractivity contribution in [2.24, 2.45) is 0 Å². The number of Topliss-reactive ketones (excluding diaryl/α,β-unsaturated/α-hetero) is 1. The number of aromatic nitrogens is 2. The van der Waals surface area contributed by atoms with Gasteiger partial charge in [0.15, 0.2) is 5.78 Å². The van der Waals surface area contributed by atoms with Gasteiger partial charge < -0.3 is 0 Å². The van der Waals surface area contributed by atoms with Gasteiger partial charge >= 0.3 is 0 Å². The molecule has 0 aliphatic carbocycles. The molecule has 0 fully saturated rings. The van der Waals surface area contributed by atoms with Gasteiger partial charge in [0.05, 0.1) is 0 Å². The Bertz CT molecular complexity index is 463. The summed E-state index contributed by atoms with van der Waals surface area (Å²) in [6.07, 6.45) is 5.18. The van der Waals surface area contributed by atoms with E-state index in [1.165, 1.54) is 6.92 Å². The Morgan fingerprint density at radius 1 is 1.13 bits per heavy atom. The number of ketones is 1. The fraction of sp³-hybridized carbons (Fsp3) is 0.0833. The topological polar surface area (TPSA) is 42.9 Å². The van der Waals surface area contributed by atoms with Gasteiger partial charge in [-0.1, -0.05) is 12.1 Å². The molecular weight excluding hydrogens is 188 g/mol. The number of nitrogens with zero attached hydrogens (tertiary/aromatic N) is 2. The maximum absolute atomic E-state index is 11.0. The second-order valence-corrected chi connectivity index (χ2v) is 3.23. The summed E-state index contributed by atoms with van der Waals surface area (Å²) in [6.45, 7) is 1.51. The lowest BCUT2D eigenvalue weighted by Crippen LogP contribution is -1.95. The highest BCUT2D eigenvalue weighted by Gasteiger charge is 2.01. The number of carbonyl (C=O) groups excluding carboxylic acids is 1. The Morgan fingerprint density at radius 2 is 1.93 bits per heavy atom. The molecule has 0 amide bonds. The van der Waals surface area contributed by atoms with Crippen LogP contribution in [0.1, 0.15) is 17.4 Å². The quantitative estimate of drug-likeness (QED) is 0.695. The van der Waals surface area contributed by atoms with Gasteiger partial charge in [-0.05, 0) is 12.1 Å². The molecule has 0 saturated carbocycles. The molecule has 3 heteroatoms. The summed E-state index contributed by atoms with van der Waals surface area (Å²) < 4.78 is 0. The monoisotopic (exact) mass is 198 g/mol. The van der Waals surface area contributed by atoms with Crippen LogP contribution in [-0.4, -0.2) is 15.8 Å². The van der Waals surface area contributed by atoms with Crippen LogP contribution in [0.2, 0.25) is 0 Å². The Hall–Kier alpha value is -2.03. The average Bonchev–Trinajstić information content (AvgIpc) is 2.30. The molecule has 0 aromatic carbocycles. The van der Waals surface area contributed by atoms with Crippen molar-refractivity contribution in [2.45, 2.75) is 6.92 Å². The van der Waals surface area contributed by atoms with E-state index < -0.39 is 0 Å². The van der Waals surface area contributed by atoms with Crippen molar-refractivity contribution in [2.75, 3.05) is 0 Å². The molecule has 2 aromatic heterocycles. The fourth-order valence-electron chi connectivity index (χ4n) is 1.31. The van der Waals surface area contributed by atoms with Crippen LogP contribution in [0, 0.1) is 0 Å². The maximum atomic E-state index is 11.0. The summed E-state index contributed by atoms with van der Waals surface area (Å²) >= 11 is 0. The molecule has 0 atom stereocenters. The molecule has 0 radical (unpaired) electrons. The summed E-state index contributed by atoms with van der Waals surface area (Å²) in [6, 6.07) is 7.43. The molecule has 3 nitrogen and oxygen atoms in total. The summed E-state index contributed by atoms with van der Waals surface area (Å²) in [5.74, 6) is -0.0206. The standard InChI is InChI=1S/C12H10N2O/c1-9(15)12-5-4-11(8-14-12)10-3-2-6-13-7-10/h2-8H,1H3. The Labute approximate surface area is 87.8 Å². The summed E-state index contributed by atoms with van der Waals surface area (Å²) in [7, 11) is 0. The third-order valence-corrected chi connectivity index (χ3v) is 2.12. The van der Waals surface area contributed by atoms with E-state index in [1.54, 1.807) is 24.7 Å². The fourth-order valence-corrected chi connectivity index (χ4v) is 1.31. The van der Waals surface area contributed by atoms with E-state index >= 15 is 0 Å². The highest BCUT2D eigenvalue weighted by Crippen LogP contribution is 2.16. The minimum absolute atomic E-state index is 0.0206. The van der Waals surface area contributed by atoms with Gasteiger partial charge in [-0.3, -0.25) is 14.8 Å². The van der Waals surface area contributed by atoms with E-state index in [0.29, 0.717) is 5.69 Å². The lowest BCUT2D eigenvalue weighted by atomic mass is 10.1. The largest absolute Gasteiger partial charge is 0.293 e. The van der Waals surface area contributed by atoms with Crippen LogP contribution >= 0.6 is 0 Å². The predicted molar refractivity (Wildman–Crippen MR) is 57.5 cm³/mol. The van der Waals surface area contributed by atoms with Crippen molar-refractivity contribution in [3.05, 3.63) is 48.5 Å². The van der Waals surface area contributed by atoms with Gasteiger partial charge in [-0.15, -0.1) is 0 Å². The van der Waals surface area contributed by atoms with E-state index in [9.17, 15) is 4.79 Å². The zero-order valence-electron chi connectivity index (χ0n) is 8.34. The molecule has 2 rings (SSSR count). The van der Waals surface area contributed by atoms with Gasteiger partial charge in [0.1, 0.15) is 5.69 Å². The Morgan fingerprint density at radius 3 is 2.47 bits per heavy atom. The van der Waals surface area contributed by atoms with Gasteiger partial charge in [-0.25, -0.2) is 0 Å². The first-order valence-corrected chi connectivity index (χ1v) is 4.65. The summed E-state index contributed by atoms with van der Waals surface area (Å²) in [5.41, 5.74) is 2.45. The smallest absolute Gasteiger partial charge is 0.178 e. The first kappa shape index (κ1) is 9.52. The second kappa shape index (κ2) is 4.00. The van der Waals surface area contributed by atoms with Gasteiger partial charge in [0.2, 0.25) is 0 Å². The minimum Gasteiger partial charge on any atom is -0.293 e. The van der Waals surface area contributed by atoms with E-state index in [-0.39, 0.29) is 5.78 Å². The van der Waals surface area contributed by atoms with Crippen LogP contribution in [0.25, 0.3) is 11.1 Å². The predicted octanol–water partition coefficient (Wildman–Crippen LogP) is 2.35. The van der Waals surface area contributed by atoms with Gasteiger partial charge in [-0.2, -0.15) is 0 Å². The molecule has 0 unspecified atom stereocenters. The van der Waals surface area contributed by atoms with Crippen LogP contribution < -0.4 is 0 Å². The van der Waals surface area contributed by atoms with Crippen LogP contribution in [0.5, 0.6) is 0 Å². The summed E-state index contributed by atoms with van der Waals surface area (Å²) in [4.78, 5) is 19.1. The molecule has 74 valence electrons. The molecule has 0 bridgehead atoms. The van der Waals surface area contributed by atoms with Gasteiger partial charge in [0.25, 0.3) is 0 Å². The minimum atomic E-state index is -0.0206.